The van der Waals surface area contributed by atoms with Crippen molar-refractivity contribution in [1.82, 2.24) is 0 Å². The van der Waals surface area contributed by atoms with Crippen LogP contribution in [0.1, 0.15) is 17.2 Å². The van der Waals surface area contributed by atoms with Crippen LogP contribution in [-0.4, -0.2) is 0 Å². The molecular formula is C21H16O. The molecule has 0 aromatic heterocycles. The van der Waals surface area contributed by atoms with E-state index < -0.39 is 0 Å². The second-order valence-electron chi connectivity index (χ2n) is 4.86. The fourth-order valence-corrected chi connectivity index (χ4v) is 2.11. The number of benzene rings is 3. The van der Waals surface area contributed by atoms with Gasteiger partial charge in [0.1, 0.15) is 5.75 Å². The molecule has 0 radical (unpaired) electrons. The Labute approximate surface area is 131 Å². The smallest absolute Gasteiger partial charge is 0.184 e. The van der Waals surface area contributed by atoms with Gasteiger partial charge in [0.2, 0.25) is 0 Å². The predicted octanol–water partition coefficient (Wildman–Crippen LogP) is 4.86. The highest BCUT2D eigenvalue weighted by Crippen LogP contribution is 2.21. The molecule has 1 heteroatoms. The number of rotatable bonds is 3. The lowest BCUT2D eigenvalue weighted by atomic mass is 10.1. The third-order valence-corrected chi connectivity index (χ3v) is 3.22. The van der Waals surface area contributed by atoms with E-state index in [4.69, 9.17) is 4.74 Å². The summed E-state index contributed by atoms with van der Waals surface area (Å²) >= 11 is 0. The third kappa shape index (κ3) is 3.77. The maximum Gasteiger partial charge on any atom is 0.184 e. The maximum atomic E-state index is 6.05. The minimum absolute atomic E-state index is 0.288. The quantitative estimate of drug-likeness (QED) is 0.624. The Bertz CT molecular complexity index is 753. The van der Waals surface area contributed by atoms with Crippen LogP contribution in [0.3, 0.4) is 0 Å². The topological polar surface area (TPSA) is 9.23 Å². The fraction of sp³-hybridized carbons (Fsp3) is 0.0476. The van der Waals surface area contributed by atoms with Crippen molar-refractivity contribution in [2.75, 3.05) is 0 Å². The van der Waals surface area contributed by atoms with Crippen LogP contribution in [0.2, 0.25) is 0 Å². The molecule has 1 unspecified atom stereocenters. The predicted molar refractivity (Wildman–Crippen MR) is 89.6 cm³/mol. The number of hydrogen-bond donors (Lipinski definition) is 0. The maximum absolute atomic E-state index is 6.05. The monoisotopic (exact) mass is 284 g/mol. The second-order valence-corrected chi connectivity index (χ2v) is 4.86. The molecule has 1 nitrogen and oxygen atoms in total. The van der Waals surface area contributed by atoms with Gasteiger partial charge in [-0.15, -0.1) is 0 Å². The molecule has 0 aliphatic carbocycles. The normalized spacial score (nSPS) is 11.1. The molecule has 0 bridgehead atoms. The van der Waals surface area contributed by atoms with Crippen molar-refractivity contribution in [3.05, 3.63) is 102 Å². The zero-order valence-corrected chi connectivity index (χ0v) is 12.1. The summed E-state index contributed by atoms with van der Waals surface area (Å²) in [7, 11) is 0. The summed E-state index contributed by atoms with van der Waals surface area (Å²) in [4.78, 5) is 0. The average molecular weight is 284 g/mol. The Morgan fingerprint density at radius 3 is 1.82 bits per heavy atom. The van der Waals surface area contributed by atoms with Crippen molar-refractivity contribution >= 4 is 0 Å². The summed E-state index contributed by atoms with van der Waals surface area (Å²) in [6, 6.07) is 29.8. The lowest BCUT2D eigenvalue weighted by molar-refractivity contribution is 0.265. The SMILES string of the molecule is C(#CC(Oc1ccccc1)c1ccccc1)c1ccccc1. The first-order chi connectivity index (χ1) is 10.9. The zero-order valence-electron chi connectivity index (χ0n) is 12.1. The molecule has 0 amide bonds. The number of hydrogen-bond acceptors (Lipinski definition) is 1. The molecule has 0 saturated carbocycles. The van der Waals surface area contributed by atoms with Crippen molar-refractivity contribution in [2.24, 2.45) is 0 Å². The standard InChI is InChI=1S/C21H16O/c1-4-10-18(11-5-1)16-17-21(19-12-6-2-7-13-19)22-20-14-8-3-9-15-20/h1-15,21H. The Morgan fingerprint density at radius 2 is 1.18 bits per heavy atom. The van der Waals surface area contributed by atoms with Gasteiger partial charge in [-0.25, -0.2) is 0 Å². The van der Waals surface area contributed by atoms with Crippen molar-refractivity contribution < 1.29 is 4.74 Å². The third-order valence-electron chi connectivity index (χ3n) is 3.22. The summed E-state index contributed by atoms with van der Waals surface area (Å²) in [6.45, 7) is 0. The van der Waals surface area contributed by atoms with Gasteiger partial charge in [0.25, 0.3) is 0 Å². The van der Waals surface area contributed by atoms with E-state index in [0.29, 0.717) is 0 Å². The first-order valence-corrected chi connectivity index (χ1v) is 7.25. The first-order valence-electron chi connectivity index (χ1n) is 7.25. The van der Waals surface area contributed by atoms with Crippen LogP contribution < -0.4 is 4.74 Å². The van der Waals surface area contributed by atoms with Gasteiger partial charge in [0.15, 0.2) is 6.10 Å². The van der Waals surface area contributed by atoms with E-state index in [9.17, 15) is 0 Å². The van der Waals surface area contributed by atoms with E-state index in [1.807, 2.05) is 91.0 Å². The van der Waals surface area contributed by atoms with Crippen LogP contribution in [0.5, 0.6) is 5.75 Å². The molecule has 3 aromatic carbocycles. The molecule has 0 fully saturated rings. The number of ether oxygens (including phenoxy) is 1. The molecular weight excluding hydrogens is 268 g/mol. The van der Waals surface area contributed by atoms with Crippen LogP contribution in [0.15, 0.2) is 91.0 Å². The lowest BCUT2D eigenvalue weighted by Crippen LogP contribution is -2.05. The second kappa shape index (κ2) is 7.15. The molecule has 3 rings (SSSR count). The zero-order chi connectivity index (χ0) is 15.0. The summed E-state index contributed by atoms with van der Waals surface area (Å²) in [5.41, 5.74) is 2.04. The van der Waals surface area contributed by atoms with Gasteiger partial charge in [0.05, 0.1) is 0 Å². The van der Waals surface area contributed by atoms with Crippen LogP contribution in [-0.2, 0) is 0 Å². The van der Waals surface area contributed by atoms with Crippen molar-refractivity contribution in [3.8, 4) is 17.6 Å². The minimum Gasteiger partial charge on any atom is -0.473 e. The van der Waals surface area contributed by atoms with Gasteiger partial charge in [-0.3, -0.25) is 0 Å². The van der Waals surface area contributed by atoms with Gasteiger partial charge in [-0.1, -0.05) is 72.7 Å². The van der Waals surface area contributed by atoms with E-state index >= 15 is 0 Å². The minimum atomic E-state index is -0.288. The van der Waals surface area contributed by atoms with Gasteiger partial charge in [0, 0.05) is 11.1 Å². The van der Waals surface area contributed by atoms with Gasteiger partial charge in [-0.05, 0) is 30.2 Å². The highest BCUT2D eigenvalue weighted by atomic mass is 16.5. The summed E-state index contributed by atoms with van der Waals surface area (Å²) in [5, 5.41) is 0. The van der Waals surface area contributed by atoms with Crippen molar-refractivity contribution in [1.29, 1.82) is 0 Å². The average Bonchev–Trinajstić information content (AvgIpc) is 2.61. The Kier molecular flexibility index (Phi) is 4.54. The molecule has 0 heterocycles. The highest BCUT2D eigenvalue weighted by Gasteiger charge is 2.09. The van der Waals surface area contributed by atoms with Gasteiger partial charge >= 0.3 is 0 Å². The van der Waals surface area contributed by atoms with Crippen LogP contribution in [0.4, 0.5) is 0 Å². The van der Waals surface area contributed by atoms with E-state index in [1.54, 1.807) is 0 Å². The Balaban J connectivity index is 1.89. The molecule has 22 heavy (non-hydrogen) atoms. The number of para-hydroxylation sites is 1. The molecule has 0 aliphatic heterocycles. The van der Waals surface area contributed by atoms with Crippen LogP contribution >= 0.6 is 0 Å². The first kappa shape index (κ1) is 14.0. The highest BCUT2D eigenvalue weighted by molar-refractivity contribution is 5.37. The van der Waals surface area contributed by atoms with E-state index in [1.165, 1.54) is 0 Å². The molecule has 0 saturated heterocycles. The molecule has 0 aliphatic rings. The Morgan fingerprint density at radius 1 is 0.636 bits per heavy atom. The molecule has 0 spiro atoms. The lowest BCUT2D eigenvalue weighted by Gasteiger charge is -2.14. The van der Waals surface area contributed by atoms with E-state index in [0.717, 1.165) is 16.9 Å². The molecule has 106 valence electrons. The van der Waals surface area contributed by atoms with E-state index in [2.05, 4.69) is 11.8 Å². The Hall–Kier alpha value is -2.98. The molecule has 0 N–H and O–H groups in total. The summed E-state index contributed by atoms with van der Waals surface area (Å²) in [5.74, 6) is 7.24. The summed E-state index contributed by atoms with van der Waals surface area (Å²) < 4.78 is 6.05. The molecule has 1 atom stereocenters. The van der Waals surface area contributed by atoms with Crippen molar-refractivity contribution in [3.63, 3.8) is 0 Å². The van der Waals surface area contributed by atoms with E-state index in [-0.39, 0.29) is 6.10 Å². The van der Waals surface area contributed by atoms with Crippen LogP contribution in [0.25, 0.3) is 0 Å². The van der Waals surface area contributed by atoms with Crippen molar-refractivity contribution in [2.45, 2.75) is 6.10 Å². The largest absolute Gasteiger partial charge is 0.473 e. The summed E-state index contributed by atoms with van der Waals surface area (Å²) in [6.07, 6.45) is -0.288. The molecule has 3 aromatic rings. The van der Waals surface area contributed by atoms with Gasteiger partial charge in [-0.2, -0.15) is 0 Å². The fourth-order valence-electron chi connectivity index (χ4n) is 2.11. The van der Waals surface area contributed by atoms with Crippen LogP contribution in [0, 0.1) is 11.8 Å². The van der Waals surface area contributed by atoms with Gasteiger partial charge < -0.3 is 4.74 Å².